The van der Waals surface area contributed by atoms with Crippen LogP contribution in [0.25, 0.3) is 0 Å². The number of carbonyl (C=O) groups excluding carboxylic acids is 2. The maximum absolute atomic E-state index is 13.1. The molecule has 1 N–H and O–H groups in total. The van der Waals surface area contributed by atoms with Gasteiger partial charge in [0.1, 0.15) is 5.75 Å². The number of pyridine rings is 1. The summed E-state index contributed by atoms with van der Waals surface area (Å²) in [5.74, 6) is 0.335. The number of benzene rings is 1. The number of aromatic nitrogens is 1. The number of methoxy groups -OCH3 is 1. The van der Waals surface area contributed by atoms with Gasteiger partial charge >= 0.3 is 0 Å². The summed E-state index contributed by atoms with van der Waals surface area (Å²) in [7, 11) is 1.52. The summed E-state index contributed by atoms with van der Waals surface area (Å²) in [5.41, 5.74) is -0.270. The van der Waals surface area contributed by atoms with Crippen molar-refractivity contribution in [3.8, 4) is 11.5 Å². The highest BCUT2D eigenvalue weighted by Crippen LogP contribution is 2.37. The molecule has 0 aliphatic carbocycles. The summed E-state index contributed by atoms with van der Waals surface area (Å²) in [6.07, 6.45) is 2.32. The number of nitrogens with zero attached hydrogens (tertiary/aromatic N) is 2. The van der Waals surface area contributed by atoms with Gasteiger partial charge in [0, 0.05) is 12.7 Å². The number of carbonyl (C=O) groups is 2. The molecule has 1 atom stereocenters. The highest BCUT2D eigenvalue weighted by molar-refractivity contribution is 6.19. The van der Waals surface area contributed by atoms with Crippen LogP contribution in [-0.2, 0) is 9.59 Å². The van der Waals surface area contributed by atoms with Crippen LogP contribution in [0.5, 0.6) is 11.5 Å². The first-order valence-electron chi connectivity index (χ1n) is 8.82. The Morgan fingerprint density at radius 2 is 2.15 bits per heavy atom. The highest BCUT2D eigenvalue weighted by Gasteiger charge is 2.51. The van der Waals surface area contributed by atoms with Gasteiger partial charge in [0.25, 0.3) is 17.4 Å². The Kier molecular flexibility index (Phi) is 5.03. The van der Waals surface area contributed by atoms with Gasteiger partial charge in [-0.2, -0.15) is 0 Å². The topological polar surface area (TPSA) is 80.8 Å². The van der Waals surface area contributed by atoms with E-state index in [4.69, 9.17) is 9.47 Å². The van der Waals surface area contributed by atoms with E-state index in [-0.39, 0.29) is 0 Å². The molecule has 1 aromatic carbocycles. The monoisotopic (exact) mass is 369 g/mol. The van der Waals surface area contributed by atoms with Crippen LogP contribution in [0.4, 0.5) is 11.5 Å². The van der Waals surface area contributed by atoms with Crippen LogP contribution < -0.4 is 19.7 Å². The lowest BCUT2D eigenvalue weighted by Gasteiger charge is -2.38. The largest absolute Gasteiger partial charge is 0.495 e. The fraction of sp³-hybridized carbons (Fsp3) is 0.350. The van der Waals surface area contributed by atoms with Gasteiger partial charge in [-0.15, -0.1) is 0 Å². The smallest absolute Gasteiger partial charge is 0.282 e. The second kappa shape index (κ2) is 7.26. The van der Waals surface area contributed by atoms with E-state index in [0.29, 0.717) is 29.5 Å². The van der Waals surface area contributed by atoms with E-state index in [9.17, 15) is 9.59 Å². The minimum atomic E-state index is -1.71. The van der Waals surface area contributed by atoms with Crippen molar-refractivity contribution < 1.29 is 19.1 Å². The molecule has 0 radical (unpaired) electrons. The second-order valence-electron chi connectivity index (χ2n) is 6.58. The van der Waals surface area contributed by atoms with E-state index in [1.165, 1.54) is 18.9 Å². The maximum Gasteiger partial charge on any atom is 0.282 e. The molecule has 3 rings (SSSR count). The standard InChI is InChI=1S/C20H23N3O4/c1-5-11-23-17-16(7-6-10-21-17)27-20(3,19(23)25)18(24)22-14-12-13(2)8-9-15(14)26-4/h6-10,12H,5,11H2,1-4H3,(H,22,24)/t20-/m0/s1. The molecule has 2 heterocycles. The molecular formula is C20H23N3O4. The lowest BCUT2D eigenvalue weighted by molar-refractivity contribution is -0.145. The molecule has 1 aliphatic heterocycles. The maximum atomic E-state index is 13.1. The Morgan fingerprint density at radius 1 is 1.37 bits per heavy atom. The zero-order valence-electron chi connectivity index (χ0n) is 15.9. The molecule has 1 aliphatic rings. The van der Waals surface area contributed by atoms with Crippen molar-refractivity contribution in [1.29, 1.82) is 0 Å². The van der Waals surface area contributed by atoms with Crippen LogP contribution in [-0.4, -0.2) is 36.1 Å². The van der Waals surface area contributed by atoms with Crippen molar-refractivity contribution >= 4 is 23.3 Å². The summed E-state index contributed by atoms with van der Waals surface area (Å²) >= 11 is 0. The lowest BCUT2D eigenvalue weighted by Crippen LogP contribution is -2.61. The Balaban J connectivity index is 1.96. The van der Waals surface area contributed by atoms with Gasteiger partial charge in [-0.3, -0.25) is 14.5 Å². The minimum Gasteiger partial charge on any atom is -0.495 e. The third-order valence-electron chi connectivity index (χ3n) is 4.46. The molecule has 142 valence electrons. The zero-order chi connectivity index (χ0) is 19.6. The van der Waals surface area contributed by atoms with E-state index in [1.54, 1.807) is 30.5 Å². The normalized spacial score (nSPS) is 18.5. The average Bonchev–Trinajstić information content (AvgIpc) is 2.65. The van der Waals surface area contributed by atoms with E-state index in [1.807, 2.05) is 19.9 Å². The Morgan fingerprint density at radius 3 is 2.85 bits per heavy atom. The summed E-state index contributed by atoms with van der Waals surface area (Å²) < 4.78 is 11.1. The van der Waals surface area contributed by atoms with Gasteiger partial charge in [-0.1, -0.05) is 13.0 Å². The molecule has 1 aromatic heterocycles. The zero-order valence-corrected chi connectivity index (χ0v) is 15.9. The van der Waals surface area contributed by atoms with Crippen LogP contribution in [0, 0.1) is 6.92 Å². The molecule has 0 fully saturated rings. The van der Waals surface area contributed by atoms with Crippen LogP contribution in [0.3, 0.4) is 0 Å². The van der Waals surface area contributed by atoms with Crippen molar-refractivity contribution in [2.24, 2.45) is 0 Å². The SMILES string of the molecule is CCCN1C(=O)[C@](C)(C(=O)Nc2cc(C)ccc2OC)Oc2cccnc21. The van der Waals surface area contributed by atoms with E-state index in [0.717, 1.165) is 12.0 Å². The number of hydrogen-bond acceptors (Lipinski definition) is 5. The number of hydrogen-bond donors (Lipinski definition) is 1. The fourth-order valence-corrected chi connectivity index (χ4v) is 3.02. The minimum absolute atomic E-state index is 0.402. The first kappa shape index (κ1) is 18.7. The fourth-order valence-electron chi connectivity index (χ4n) is 3.02. The Hall–Kier alpha value is -3.09. The Labute approximate surface area is 158 Å². The number of rotatable bonds is 5. The van der Waals surface area contributed by atoms with Gasteiger partial charge < -0.3 is 14.8 Å². The van der Waals surface area contributed by atoms with Crippen molar-refractivity contribution in [1.82, 2.24) is 4.98 Å². The van der Waals surface area contributed by atoms with Crippen molar-refractivity contribution in [2.45, 2.75) is 32.8 Å². The van der Waals surface area contributed by atoms with Crippen LogP contribution in [0.2, 0.25) is 0 Å². The predicted molar refractivity (Wildman–Crippen MR) is 102 cm³/mol. The molecule has 2 aromatic rings. The Bertz CT molecular complexity index is 883. The van der Waals surface area contributed by atoms with Crippen molar-refractivity contribution in [3.63, 3.8) is 0 Å². The number of anilines is 2. The van der Waals surface area contributed by atoms with Gasteiger partial charge in [-0.25, -0.2) is 4.98 Å². The van der Waals surface area contributed by atoms with Crippen molar-refractivity contribution in [3.05, 3.63) is 42.1 Å². The molecular weight excluding hydrogens is 346 g/mol. The first-order chi connectivity index (χ1) is 12.9. The molecule has 0 spiro atoms. The third-order valence-corrected chi connectivity index (χ3v) is 4.46. The van der Waals surface area contributed by atoms with Gasteiger partial charge in [0.2, 0.25) is 0 Å². The number of nitrogens with one attached hydrogen (secondary N) is 1. The summed E-state index contributed by atoms with van der Waals surface area (Å²) in [6.45, 7) is 5.79. The number of ether oxygens (including phenoxy) is 2. The van der Waals surface area contributed by atoms with Gasteiger partial charge in [0.05, 0.1) is 12.8 Å². The predicted octanol–water partition coefficient (Wildman–Crippen LogP) is 2.93. The molecule has 0 bridgehead atoms. The number of fused-ring (bicyclic) bond motifs is 1. The highest BCUT2D eigenvalue weighted by atomic mass is 16.5. The van der Waals surface area contributed by atoms with Gasteiger partial charge in [-0.05, 0) is 50.1 Å². The third kappa shape index (κ3) is 3.32. The molecule has 7 heteroatoms. The van der Waals surface area contributed by atoms with Gasteiger partial charge in [0.15, 0.2) is 11.6 Å². The molecule has 27 heavy (non-hydrogen) atoms. The molecule has 0 saturated carbocycles. The van der Waals surface area contributed by atoms with Crippen LogP contribution in [0.1, 0.15) is 25.8 Å². The lowest BCUT2D eigenvalue weighted by atomic mass is 10.0. The molecule has 7 nitrogen and oxygen atoms in total. The first-order valence-corrected chi connectivity index (χ1v) is 8.82. The van der Waals surface area contributed by atoms with E-state index in [2.05, 4.69) is 10.3 Å². The van der Waals surface area contributed by atoms with Crippen LogP contribution in [0.15, 0.2) is 36.5 Å². The molecule has 0 saturated heterocycles. The molecule has 2 amide bonds. The van der Waals surface area contributed by atoms with Crippen LogP contribution >= 0.6 is 0 Å². The second-order valence-corrected chi connectivity index (χ2v) is 6.58. The molecule has 0 unspecified atom stereocenters. The average molecular weight is 369 g/mol. The van der Waals surface area contributed by atoms with E-state index >= 15 is 0 Å². The summed E-state index contributed by atoms with van der Waals surface area (Å²) in [5, 5.41) is 2.78. The summed E-state index contributed by atoms with van der Waals surface area (Å²) in [6, 6.07) is 8.84. The van der Waals surface area contributed by atoms with E-state index < -0.39 is 17.4 Å². The quantitative estimate of drug-likeness (QED) is 0.820. The van der Waals surface area contributed by atoms with Crippen molar-refractivity contribution in [2.75, 3.05) is 23.9 Å². The number of amides is 2. The number of aryl methyl sites for hydroxylation is 1. The summed E-state index contributed by atoms with van der Waals surface area (Å²) in [4.78, 5) is 32.0.